The van der Waals surface area contributed by atoms with E-state index in [0.29, 0.717) is 11.8 Å². The smallest absolute Gasteiger partial charge is 0.159 e. The standard InChI is InChI=1S/C44H34N4/c45-29-30-17-19-31(20-18-30)32-21-23-33(24-22-32)39-15-7-13-35-14-8-16-40(41(35)39)34-25-27-38(28-26-34)44-47-42(36-9-3-1-4-10-36)46-43(48-44)37-11-5-2-6-12-37/h1-19,21,23,25-28,31,42H,20,22,24H2,(H,46,47,48). The van der Waals surface area contributed by atoms with E-state index >= 15 is 0 Å². The molecule has 0 fully saturated rings. The lowest BCUT2D eigenvalue weighted by atomic mass is 9.82. The van der Waals surface area contributed by atoms with Crippen LogP contribution in [0.4, 0.5) is 0 Å². The summed E-state index contributed by atoms with van der Waals surface area (Å²) in [6.07, 6.45) is 13.5. The number of rotatable bonds is 6. The molecule has 0 saturated heterocycles. The number of fused-ring (bicyclic) bond motifs is 1. The number of aliphatic imine (C=N–C) groups is 2. The van der Waals surface area contributed by atoms with Crippen molar-refractivity contribution in [1.82, 2.24) is 5.32 Å². The predicted octanol–water partition coefficient (Wildman–Crippen LogP) is 10.1. The van der Waals surface area contributed by atoms with Gasteiger partial charge in [0, 0.05) is 22.6 Å². The summed E-state index contributed by atoms with van der Waals surface area (Å²) in [6.45, 7) is 0. The van der Waals surface area contributed by atoms with Gasteiger partial charge in [-0.05, 0) is 63.9 Å². The van der Waals surface area contributed by atoms with E-state index in [-0.39, 0.29) is 6.17 Å². The van der Waals surface area contributed by atoms with Gasteiger partial charge < -0.3 is 5.32 Å². The second kappa shape index (κ2) is 13.0. The monoisotopic (exact) mass is 618 g/mol. The Labute approximate surface area is 281 Å². The van der Waals surface area contributed by atoms with Crippen molar-refractivity contribution in [2.24, 2.45) is 15.9 Å². The topological polar surface area (TPSA) is 60.5 Å². The Balaban J connectivity index is 1.13. The van der Waals surface area contributed by atoms with Crippen LogP contribution < -0.4 is 5.32 Å². The van der Waals surface area contributed by atoms with Gasteiger partial charge in [0.1, 0.15) is 12.0 Å². The minimum absolute atomic E-state index is 0.229. The molecule has 0 amide bonds. The zero-order valence-electron chi connectivity index (χ0n) is 26.6. The van der Waals surface area contributed by atoms with E-state index in [2.05, 4.69) is 121 Å². The number of nitrogens with zero attached hydrogens (tertiary/aromatic N) is 3. The van der Waals surface area contributed by atoms with Crippen LogP contribution >= 0.6 is 0 Å². The van der Waals surface area contributed by atoms with Crippen molar-refractivity contribution in [2.45, 2.75) is 25.4 Å². The Hall–Kier alpha value is -6.05. The highest BCUT2D eigenvalue weighted by atomic mass is 15.2. The minimum atomic E-state index is -0.229. The van der Waals surface area contributed by atoms with E-state index in [9.17, 15) is 5.26 Å². The molecule has 230 valence electrons. The molecule has 0 spiro atoms. The van der Waals surface area contributed by atoms with E-state index in [1.54, 1.807) is 0 Å². The summed E-state index contributed by atoms with van der Waals surface area (Å²) in [5.74, 6) is 1.91. The molecule has 2 unspecified atom stereocenters. The summed E-state index contributed by atoms with van der Waals surface area (Å²) in [6, 6.07) is 44.7. The molecular weight excluding hydrogens is 585 g/mol. The van der Waals surface area contributed by atoms with Gasteiger partial charge in [0.2, 0.25) is 0 Å². The van der Waals surface area contributed by atoms with Crippen LogP contribution in [-0.2, 0) is 0 Å². The molecule has 0 aromatic heterocycles. The van der Waals surface area contributed by atoms with Crippen molar-refractivity contribution < 1.29 is 0 Å². The molecule has 1 N–H and O–H groups in total. The van der Waals surface area contributed by atoms with Gasteiger partial charge in [0.15, 0.2) is 5.84 Å². The van der Waals surface area contributed by atoms with E-state index < -0.39 is 0 Å². The molecule has 4 nitrogen and oxygen atoms in total. The lowest BCUT2D eigenvalue weighted by Gasteiger charge is -2.24. The highest BCUT2D eigenvalue weighted by Crippen LogP contribution is 2.39. The number of nitriles is 1. The SMILES string of the molecule is N#CC1=CCC(C2=CC=C(c3cccc4cccc(-c5ccc(C6=NC(c7ccccc7)NC(c7ccccc7)=N6)cc5)c34)CC2)C=C1. The number of amidine groups is 2. The van der Waals surface area contributed by atoms with Gasteiger partial charge in [0.25, 0.3) is 0 Å². The van der Waals surface area contributed by atoms with Crippen LogP contribution in [0.1, 0.15) is 47.7 Å². The summed E-state index contributed by atoms with van der Waals surface area (Å²) in [4.78, 5) is 10.1. The van der Waals surface area contributed by atoms with Crippen LogP contribution in [0.15, 0.2) is 173 Å². The lowest BCUT2D eigenvalue weighted by molar-refractivity contribution is 0.674. The molecule has 1 aliphatic heterocycles. The first-order chi connectivity index (χ1) is 23.7. The van der Waals surface area contributed by atoms with E-state index in [0.717, 1.165) is 47.4 Å². The Bertz CT molecular complexity index is 2220. The molecule has 2 atom stereocenters. The van der Waals surface area contributed by atoms with E-state index in [1.807, 2.05) is 42.5 Å². The van der Waals surface area contributed by atoms with Crippen LogP contribution in [0.2, 0.25) is 0 Å². The highest BCUT2D eigenvalue weighted by Gasteiger charge is 2.22. The first-order valence-corrected chi connectivity index (χ1v) is 16.6. The Kier molecular flexibility index (Phi) is 7.94. The zero-order valence-corrected chi connectivity index (χ0v) is 26.6. The van der Waals surface area contributed by atoms with Crippen molar-refractivity contribution in [3.05, 3.63) is 185 Å². The third kappa shape index (κ3) is 5.83. The molecule has 8 rings (SSSR count). The van der Waals surface area contributed by atoms with Gasteiger partial charge in [0.05, 0.1) is 6.07 Å². The van der Waals surface area contributed by atoms with Crippen LogP contribution in [0, 0.1) is 17.2 Å². The fourth-order valence-electron chi connectivity index (χ4n) is 6.94. The van der Waals surface area contributed by atoms with Crippen molar-refractivity contribution in [3.8, 4) is 17.2 Å². The first kappa shape index (κ1) is 29.4. The van der Waals surface area contributed by atoms with Crippen molar-refractivity contribution in [3.63, 3.8) is 0 Å². The average molecular weight is 619 g/mol. The molecule has 3 aliphatic rings. The average Bonchev–Trinajstić information content (AvgIpc) is 3.18. The van der Waals surface area contributed by atoms with Gasteiger partial charge in [-0.25, -0.2) is 9.98 Å². The van der Waals surface area contributed by atoms with E-state index in [1.165, 1.54) is 38.6 Å². The Morgan fingerprint density at radius 2 is 1.42 bits per heavy atom. The summed E-state index contributed by atoms with van der Waals surface area (Å²) in [7, 11) is 0. The molecule has 4 heteroatoms. The van der Waals surface area contributed by atoms with E-state index in [4.69, 9.17) is 9.98 Å². The van der Waals surface area contributed by atoms with Crippen LogP contribution in [0.3, 0.4) is 0 Å². The molecular formula is C44H34N4. The molecule has 2 aliphatic carbocycles. The third-order valence-corrected chi connectivity index (χ3v) is 9.50. The number of hydrogen-bond acceptors (Lipinski definition) is 4. The largest absolute Gasteiger partial charge is 0.344 e. The molecule has 48 heavy (non-hydrogen) atoms. The summed E-state index contributed by atoms with van der Waals surface area (Å²) < 4.78 is 0. The maximum absolute atomic E-state index is 9.20. The number of nitrogens with one attached hydrogen (secondary N) is 1. The minimum Gasteiger partial charge on any atom is -0.344 e. The fourth-order valence-corrected chi connectivity index (χ4v) is 6.94. The second-order valence-corrected chi connectivity index (χ2v) is 12.4. The molecule has 5 aromatic rings. The van der Waals surface area contributed by atoms with Crippen molar-refractivity contribution in [2.75, 3.05) is 0 Å². The fraction of sp³-hybridized carbons (Fsp3) is 0.114. The zero-order chi connectivity index (χ0) is 32.3. The normalized spacial score (nSPS) is 18.9. The second-order valence-electron chi connectivity index (χ2n) is 12.4. The molecule has 5 aromatic carbocycles. The summed E-state index contributed by atoms with van der Waals surface area (Å²) >= 11 is 0. The number of hydrogen-bond donors (Lipinski definition) is 1. The maximum atomic E-state index is 9.20. The van der Waals surface area contributed by atoms with Gasteiger partial charge in [-0.15, -0.1) is 0 Å². The molecule has 0 saturated carbocycles. The first-order valence-electron chi connectivity index (χ1n) is 16.6. The maximum Gasteiger partial charge on any atom is 0.159 e. The molecule has 0 radical (unpaired) electrons. The van der Waals surface area contributed by atoms with Gasteiger partial charge in [-0.1, -0.05) is 151 Å². The van der Waals surface area contributed by atoms with Crippen molar-refractivity contribution in [1.29, 1.82) is 5.26 Å². The van der Waals surface area contributed by atoms with Crippen LogP contribution in [0.25, 0.3) is 27.5 Å². The highest BCUT2D eigenvalue weighted by molar-refractivity contribution is 6.13. The van der Waals surface area contributed by atoms with Crippen molar-refractivity contribution >= 4 is 28.0 Å². The number of benzene rings is 5. The Morgan fingerprint density at radius 1 is 0.688 bits per heavy atom. The summed E-state index contributed by atoms with van der Waals surface area (Å²) in [5.41, 5.74) is 10.3. The lowest BCUT2D eigenvalue weighted by Crippen LogP contribution is -2.33. The quantitative estimate of drug-likeness (QED) is 0.206. The summed E-state index contributed by atoms with van der Waals surface area (Å²) in [5, 5.41) is 15.3. The van der Waals surface area contributed by atoms with Crippen LogP contribution in [-0.4, -0.2) is 11.7 Å². The molecule has 0 bridgehead atoms. The van der Waals surface area contributed by atoms with Crippen LogP contribution in [0.5, 0.6) is 0 Å². The third-order valence-electron chi connectivity index (χ3n) is 9.50. The van der Waals surface area contributed by atoms with Gasteiger partial charge in [-0.3, -0.25) is 0 Å². The predicted molar refractivity (Wildman–Crippen MR) is 197 cm³/mol. The molecule has 1 heterocycles. The van der Waals surface area contributed by atoms with Gasteiger partial charge in [-0.2, -0.15) is 5.26 Å². The Morgan fingerprint density at radius 3 is 2.10 bits per heavy atom. The number of allylic oxidation sites excluding steroid dienone is 8. The van der Waals surface area contributed by atoms with Gasteiger partial charge >= 0.3 is 0 Å².